The van der Waals surface area contributed by atoms with E-state index in [-0.39, 0.29) is 17.3 Å². The van der Waals surface area contributed by atoms with E-state index in [2.05, 4.69) is 0 Å². The average molecular weight is 374 g/mol. The highest BCUT2D eigenvalue weighted by atomic mass is 32.2. The van der Waals surface area contributed by atoms with Crippen LogP contribution >= 0.6 is 0 Å². The van der Waals surface area contributed by atoms with Crippen LogP contribution in [0.25, 0.3) is 0 Å². The van der Waals surface area contributed by atoms with Crippen molar-refractivity contribution in [1.29, 1.82) is 0 Å². The van der Waals surface area contributed by atoms with E-state index in [0.29, 0.717) is 12.1 Å². The molecule has 0 aliphatic carbocycles. The molecular formula is C19H16F2N2O2S. The zero-order valence-corrected chi connectivity index (χ0v) is 14.5. The highest BCUT2D eigenvalue weighted by Crippen LogP contribution is 2.36. The van der Waals surface area contributed by atoms with Crippen molar-refractivity contribution in [2.75, 3.05) is 6.54 Å². The minimum Gasteiger partial charge on any atom is -0.348 e. The molecule has 3 aromatic rings. The van der Waals surface area contributed by atoms with Crippen molar-refractivity contribution in [2.45, 2.75) is 17.5 Å². The number of rotatable bonds is 3. The van der Waals surface area contributed by atoms with Gasteiger partial charge in [0.15, 0.2) is 0 Å². The van der Waals surface area contributed by atoms with Crippen molar-refractivity contribution < 1.29 is 17.2 Å². The van der Waals surface area contributed by atoms with Crippen molar-refractivity contribution in [3.8, 4) is 0 Å². The minimum absolute atomic E-state index is 0.0929. The molecule has 1 atom stereocenters. The predicted molar refractivity (Wildman–Crippen MR) is 93.0 cm³/mol. The first-order valence-corrected chi connectivity index (χ1v) is 9.59. The molecule has 2 aromatic carbocycles. The van der Waals surface area contributed by atoms with E-state index >= 15 is 0 Å². The van der Waals surface area contributed by atoms with Gasteiger partial charge in [-0.25, -0.2) is 17.2 Å². The predicted octanol–water partition coefficient (Wildman–Crippen LogP) is 3.56. The van der Waals surface area contributed by atoms with Crippen LogP contribution in [-0.4, -0.2) is 23.8 Å². The number of halogens is 2. The van der Waals surface area contributed by atoms with Crippen molar-refractivity contribution in [3.05, 3.63) is 89.8 Å². The van der Waals surface area contributed by atoms with Crippen molar-refractivity contribution in [2.24, 2.45) is 0 Å². The molecule has 7 heteroatoms. The molecule has 4 rings (SSSR count). The summed E-state index contributed by atoms with van der Waals surface area (Å²) in [4.78, 5) is -0.0929. The van der Waals surface area contributed by atoms with Crippen LogP contribution in [0.15, 0.2) is 71.8 Å². The molecule has 0 bridgehead atoms. The smallest absolute Gasteiger partial charge is 0.244 e. The van der Waals surface area contributed by atoms with Crippen molar-refractivity contribution in [1.82, 2.24) is 8.87 Å². The molecule has 134 valence electrons. The molecule has 1 aromatic heterocycles. The number of fused-ring (bicyclic) bond motifs is 1. The van der Waals surface area contributed by atoms with Crippen LogP contribution in [0.2, 0.25) is 0 Å². The summed E-state index contributed by atoms with van der Waals surface area (Å²) in [6, 6.07) is 13.9. The molecule has 0 saturated heterocycles. The van der Waals surface area contributed by atoms with Gasteiger partial charge in [0.05, 0.1) is 10.9 Å². The van der Waals surface area contributed by atoms with E-state index in [1.54, 1.807) is 12.1 Å². The van der Waals surface area contributed by atoms with E-state index in [1.165, 1.54) is 34.6 Å². The molecule has 0 saturated carbocycles. The van der Waals surface area contributed by atoms with Gasteiger partial charge in [-0.2, -0.15) is 4.31 Å². The number of aromatic nitrogens is 1. The van der Waals surface area contributed by atoms with Crippen LogP contribution < -0.4 is 0 Å². The maximum atomic E-state index is 13.6. The molecule has 1 aliphatic rings. The zero-order chi connectivity index (χ0) is 18.3. The SMILES string of the molecule is O=S(=O)(c1cccc(F)c1)N1CCn2cccc2[C@@H]1c1ccc(F)cc1. The Morgan fingerprint density at radius 2 is 1.65 bits per heavy atom. The summed E-state index contributed by atoms with van der Waals surface area (Å²) in [5, 5.41) is 0. The molecule has 0 N–H and O–H groups in total. The second kappa shape index (κ2) is 6.34. The Balaban J connectivity index is 1.85. The normalized spacial score (nSPS) is 17.8. The van der Waals surface area contributed by atoms with E-state index in [4.69, 9.17) is 0 Å². The molecule has 0 amide bonds. The summed E-state index contributed by atoms with van der Waals surface area (Å²) >= 11 is 0. The largest absolute Gasteiger partial charge is 0.348 e. The van der Waals surface area contributed by atoms with Crippen LogP contribution in [0.1, 0.15) is 17.3 Å². The molecular weight excluding hydrogens is 358 g/mol. The quantitative estimate of drug-likeness (QED) is 0.704. The third-order valence-corrected chi connectivity index (χ3v) is 6.44. The number of hydrogen-bond donors (Lipinski definition) is 0. The van der Waals surface area contributed by atoms with Crippen molar-refractivity contribution >= 4 is 10.0 Å². The maximum absolute atomic E-state index is 13.6. The molecule has 0 radical (unpaired) electrons. The Morgan fingerprint density at radius 1 is 0.885 bits per heavy atom. The molecule has 2 heterocycles. The van der Waals surface area contributed by atoms with Crippen LogP contribution in [0.3, 0.4) is 0 Å². The van der Waals surface area contributed by atoms with Gasteiger partial charge in [0.25, 0.3) is 0 Å². The molecule has 1 aliphatic heterocycles. The highest BCUT2D eigenvalue weighted by molar-refractivity contribution is 7.89. The van der Waals surface area contributed by atoms with Gasteiger partial charge in [-0.3, -0.25) is 0 Å². The number of sulfonamides is 1. The summed E-state index contributed by atoms with van der Waals surface area (Å²) in [5.74, 6) is -0.996. The van der Waals surface area contributed by atoms with Gasteiger partial charge >= 0.3 is 0 Å². The van der Waals surface area contributed by atoms with E-state index in [9.17, 15) is 17.2 Å². The number of benzene rings is 2. The summed E-state index contributed by atoms with van der Waals surface area (Å²) in [7, 11) is -3.93. The number of hydrogen-bond acceptors (Lipinski definition) is 2. The topological polar surface area (TPSA) is 42.3 Å². The lowest BCUT2D eigenvalue weighted by Gasteiger charge is -2.36. The Morgan fingerprint density at radius 3 is 2.38 bits per heavy atom. The van der Waals surface area contributed by atoms with Crippen LogP contribution in [0.5, 0.6) is 0 Å². The lowest BCUT2D eigenvalue weighted by molar-refractivity contribution is 0.298. The van der Waals surface area contributed by atoms with Gasteiger partial charge in [-0.15, -0.1) is 0 Å². The maximum Gasteiger partial charge on any atom is 0.244 e. The minimum atomic E-state index is -3.93. The standard InChI is InChI=1S/C19H16F2N2O2S/c20-15-8-6-14(7-9-15)19-18-5-2-10-22(18)11-12-23(19)26(24,25)17-4-1-3-16(21)13-17/h1-10,13,19H,11-12H2/t19-/m0/s1. The lowest BCUT2D eigenvalue weighted by atomic mass is 10.0. The first-order valence-electron chi connectivity index (χ1n) is 8.15. The van der Waals surface area contributed by atoms with Crippen LogP contribution in [0.4, 0.5) is 8.78 Å². The lowest BCUT2D eigenvalue weighted by Crippen LogP contribution is -2.42. The van der Waals surface area contributed by atoms with Gasteiger partial charge in [-0.1, -0.05) is 18.2 Å². The Labute approximate surface area is 150 Å². The second-order valence-corrected chi connectivity index (χ2v) is 8.04. The fourth-order valence-electron chi connectivity index (χ4n) is 3.37. The molecule has 4 nitrogen and oxygen atoms in total. The van der Waals surface area contributed by atoms with Gasteiger partial charge in [-0.05, 0) is 48.0 Å². The van der Waals surface area contributed by atoms with Gasteiger partial charge < -0.3 is 4.57 Å². The van der Waals surface area contributed by atoms with Gasteiger partial charge in [0.2, 0.25) is 10.0 Å². The first kappa shape index (κ1) is 16.9. The van der Waals surface area contributed by atoms with E-state index in [1.807, 2.05) is 22.9 Å². The third kappa shape index (κ3) is 2.83. The van der Waals surface area contributed by atoms with Gasteiger partial charge in [0.1, 0.15) is 11.6 Å². The summed E-state index contributed by atoms with van der Waals surface area (Å²) in [6.07, 6.45) is 1.89. The van der Waals surface area contributed by atoms with Crippen LogP contribution in [-0.2, 0) is 16.6 Å². The Kier molecular flexibility index (Phi) is 4.13. The summed E-state index contributed by atoms with van der Waals surface area (Å²) < 4.78 is 56.7. The van der Waals surface area contributed by atoms with E-state index < -0.39 is 21.9 Å². The monoisotopic (exact) mass is 374 g/mol. The first-order chi connectivity index (χ1) is 12.5. The van der Waals surface area contributed by atoms with Gasteiger partial charge in [0, 0.05) is 25.0 Å². The average Bonchev–Trinajstić information content (AvgIpc) is 3.10. The molecule has 0 spiro atoms. The Hall–Kier alpha value is -2.51. The fourth-order valence-corrected chi connectivity index (χ4v) is 4.98. The second-order valence-electron chi connectivity index (χ2n) is 6.15. The third-order valence-electron chi connectivity index (χ3n) is 4.58. The summed E-state index contributed by atoms with van der Waals surface area (Å²) in [6.45, 7) is 0.733. The fraction of sp³-hybridized carbons (Fsp3) is 0.158. The molecule has 26 heavy (non-hydrogen) atoms. The molecule has 0 unspecified atom stereocenters. The Bertz CT molecular complexity index is 1050. The zero-order valence-electron chi connectivity index (χ0n) is 13.7. The molecule has 0 fully saturated rings. The van der Waals surface area contributed by atoms with Crippen LogP contribution in [0, 0.1) is 11.6 Å². The van der Waals surface area contributed by atoms with E-state index in [0.717, 1.165) is 11.8 Å². The van der Waals surface area contributed by atoms with Crippen molar-refractivity contribution in [3.63, 3.8) is 0 Å². The number of nitrogens with zero attached hydrogens (tertiary/aromatic N) is 2. The highest BCUT2D eigenvalue weighted by Gasteiger charge is 2.37. The summed E-state index contributed by atoms with van der Waals surface area (Å²) in [5.41, 5.74) is 1.45.